The van der Waals surface area contributed by atoms with E-state index in [2.05, 4.69) is 19.2 Å². The van der Waals surface area contributed by atoms with Gasteiger partial charge in [-0.15, -0.1) is 0 Å². The molecule has 4 nitrogen and oxygen atoms in total. The molecule has 0 saturated heterocycles. The van der Waals surface area contributed by atoms with Gasteiger partial charge in [-0.25, -0.2) is 0 Å². The Kier molecular flexibility index (Phi) is 4.71. The lowest BCUT2D eigenvalue weighted by atomic mass is 10.1. The Balaban J connectivity index is 2.35. The first-order chi connectivity index (χ1) is 7.13. The number of thiophene rings is 1. The highest BCUT2D eigenvalue weighted by Crippen LogP contribution is 2.22. The summed E-state index contributed by atoms with van der Waals surface area (Å²) in [5.74, 6) is 0.652. The first kappa shape index (κ1) is 12.1. The van der Waals surface area contributed by atoms with E-state index in [0.717, 1.165) is 18.5 Å². The number of nitrogens with zero attached hydrogens (tertiary/aromatic N) is 1. The van der Waals surface area contributed by atoms with Gasteiger partial charge in [-0.3, -0.25) is 10.1 Å². The molecule has 84 valence electrons. The van der Waals surface area contributed by atoms with Gasteiger partial charge in [-0.05, 0) is 18.0 Å². The van der Waals surface area contributed by atoms with E-state index in [0.29, 0.717) is 12.5 Å². The van der Waals surface area contributed by atoms with Gasteiger partial charge in [0.15, 0.2) is 0 Å². The van der Waals surface area contributed by atoms with Crippen molar-refractivity contribution < 1.29 is 4.92 Å². The van der Waals surface area contributed by atoms with E-state index >= 15 is 0 Å². The number of hydrogen-bond donors (Lipinski definition) is 1. The van der Waals surface area contributed by atoms with Gasteiger partial charge in [0.25, 0.3) is 0 Å². The molecule has 0 aliphatic carbocycles. The van der Waals surface area contributed by atoms with Crippen LogP contribution in [0.1, 0.15) is 25.8 Å². The van der Waals surface area contributed by atoms with Crippen molar-refractivity contribution in [3.05, 3.63) is 27.1 Å². The minimum atomic E-state index is -0.344. The number of nitro groups is 1. The van der Waals surface area contributed by atoms with Gasteiger partial charge in [0, 0.05) is 18.0 Å². The lowest BCUT2D eigenvalue weighted by Crippen LogP contribution is -2.19. The maximum atomic E-state index is 10.4. The maximum Gasteiger partial charge on any atom is 0.324 e. The summed E-state index contributed by atoms with van der Waals surface area (Å²) in [6, 6.07) is 1.63. The summed E-state index contributed by atoms with van der Waals surface area (Å²) < 4.78 is 0. The Morgan fingerprint density at radius 1 is 1.67 bits per heavy atom. The SMILES string of the molecule is CCC(C)CNCc1csc([N+](=O)[O-])c1. The topological polar surface area (TPSA) is 55.2 Å². The number of hydrogen-bond acceptors (Lipinski definition) is 4. The van der Waals surface area contributed by atoms with Crippen molar-refractivity contribution in [2.75, 3.05) is 6.54 Å². The summed E-state index contributed by atoms with van der Waals surface area (Å²) in [5, 5.41) is 15.8. The summed E-state index contributed by atoms with van der Waals surface area (Å²) in [7, 11) is 0. The molecule has 1 N–H and O–H groups in total. The van der Waals surface area contributed by atoms with Crippen LogP contribution in [0.5, 0.6) is 0 Å². The van der Waals surface area contributed by atoms with Gasteiger partial charge in [-0.1, -0.05) is 31.6 Å². The molecule has 0 radical (unpaired) electrons. The molecule has 1 heterocycles. The van der Waals surface area contributed by atoms with E-state index in [9.17, 15) is 10.1 Å². The lowest BCUT2D eigenvalue weighted by molar-refractivity contribution is -0.380. The second kappa shape index (κ2) is 5.82. The Hall–Kier alpha value is -0.940. The Morgan fingerprint density at radius 3 is 2.93 bits per heavy atom. The third-order valence-corrected chi connectivity index (χ3v) is 3.27. The summed E-state index contributed by atoms with van der Waals surface area (Å²) in [4.78, 5) is 10.1. The van der Waals surface area contributed by atoms with Crippen LogP contribution in [0, 0.1) is 16.0 Å². The van der Waals surface area contributed by atoms with Crippen molar-refractivity contribution >= 4 is 16.3 Å². The smallest absolute Gasteiger partial charge is 0.312 e. The third-order valence-electron chi connectivity index (χ3n) is 2.34. The zero-order valence-corrected chi connectivity index (χ0v) is 9.84. The predicted octanol–water partition coefficient (Wildman–Crippen LogP) is 2.79. The van der Waals surface area contributed by atoms with Crippen LogP contribution in [0.4, 0.5) is 5.00 Å². The minimum absolute atomic E-state index is 0.218. The average Bonchev–Trinajstić information content (AvgIpc) is 2.66. The lowest BCUT2D eigenvalue weighted by Gasteiger charge is -2.08. The zero-order valence-electron chi connectivity index (χ0n) is 9.03. The van der Waals surface area contributed by atoms with Gasteiger partial charge in [-0.2, -0.15) is 0 Å². The average molecular weight is 228 g/mol. The van der Waals surface area contributed by atoms with Gasteiger partial charge < -0.3 is 5.32 Å². The highest BCUT2D eigenvalue weighted by Gasteiger charge is 2.09. The van der Waals surface area contributed by atoms with E-state index in [1.807, 2.05) is 5.38 Å². The van der Waals surface area contributed by atoms with Crippen molar-refractivity contribution in [3.63, 3.8) is 0 Å². The molecule has 0 fully saturated rings. The highest BCUT2D eigenvalue weighted by atomic mass is 32.1. The number of nitrogens with one attached hydrogen (secondary N) is 1. The molecule has 0 bridgehead atoms. The molecule has 0 spiro atoms. The van der Waals surface area contributed by atoms with E-state index in [-0.39, 0.29) is 9.92 Å². The minimum Gasteiger partial charge on any atom is -0.312 e. The first-order valence-corrected chi connectivity index (χ1v) is 5.94. The van der Waals surface area contributed by atoms with E-state index in [1.54, 1.807) is 6.07 Å². The molecule has 5 heteroatoms. The third kappa shape index (κ3) is 3.97. The fraction of sp³-hybridized carbons (Fsp3) is 0.600. The Labute approximate surface area is 93.5 Å². The first-order valence-electron chi connectivity index (χ1n) is 5.06. The van der Waals surface area contributed by atoms with E-state index in [4.69, 9.17) is 0 Å². The van der Waals surface area contributed by atoms with Crippen LogP contribution in [-0.4, -0.2) is 11.5 Å². The normalized spacial score (nSPS) is 12.7. The summed E-state index contributed by atoms with van der Waals surface area (Å²) >= 11 is 1.18. The highest BCUT2D eigenvalue weighted by molar-refractivity contribution is 7.13. The molecule has 15 heavy (non-hydrogen) atoms. The fourth-order valence-corrected chi connectivity index (χ4v) is 1.89. The van der Waals surface area contributed by atoms with Crippen LogP contribution >= 0.6 is 11.3 Å². The van der Waals surface area contributed by atoms with Crippen molar-refractivity contribution in [1.82, 2.24) is 5.32 Å². The zero-order chi connectivity index (χ0) is 11.3. The monoisotopic (exact) mass is 228 g/mol. The quantitative estimate of drug-likeness (QED) is 0.601. The van der Waals surface area contributed by atoms with Crippen LogP contribution in [0.2, 0.25) is 0 Å². The maximum absolute atomic E-state index is 10.4. The molecule has 0 aromatic carbocycles. The van der Waals surface area contributed by atoms with Gasteiger partial charge >= 0.3 is 5.00 Å². The Bertz CT molecular complexity index is 325. The fourth-order valence-electron chi connectivity index (χ4n) is 1.16. The molecular weight excluding hydrogens is 212 g/mol. The standard InChI is InChI=1S/C10H16N2O2S/c1-3-8(2)5-11-6-9-4-10(12(13)14)15-7-9/h4,7-8,11H,3,5-6H2,1-2H3. The van der Waals surface area contributed by atoms with Crippen molar-refractivity contribution in [1.29, 1.82) is 0 Å². The van der Waals surface area contributed by atoms with Crippen LogP contribution in [0.25, 0.3) is 0 Å². The predicted molar refractivity (Wildman–Crippen MR) is 62.1 cm³/mol. The van der Waals surface area contributed by atoms with Gasteiger partial charge in [0.2, 0.25) is 0 Å². The van der Waals surface area contributed by atoms with Gasteiger partial charge in [0.05, 0.1) is 4.92 Å². The van der Waals surface area contributed by atoms with E-state index in [1.165, 1.54) is 11.3 Å². The molecule has 0 saturated carbocycles. The van der Waals surface area contributed by atoms with Crippen LogP contribution in [-0.2, 0) is 6.54 Å². The van der Waals surface area contributed by atoms with Gasteiger partial charge in [0.1, 0.15) is 0 Å². The molecule has 0 amide bonds. The van der Waals surface area contributed by atoms with Crippen LogP contribution in [0.15, 0.2) is 11.4 Å². The molecule has 1 rings (SSSR count). The van der Waals surface area contributed by atoms with Crippen LogP contribution in [0.3, 0.4) is 0 Å². The van der Waals surface area contributed by atoms with Crippen LogP contribution < -0.4 is 5.32 Å². The molecular formula is C10H16N2O2S. The summed E-state index contributed by atoms with van der Waals surface area (Å²) in [5.41, 5.74) is 0.995. The van der Waals surface area contributed by atoms with Crippen molar-refractivity contribution in [3.8, 4) is 0 Å². The van der Waals surface area contributed by atoms with Crippen molar-refractivity contribution in [2.45, 2.75) is 26.8 Å². The molecule has 0 aliphatic heterocycles. The number of rotatable bonds is 6. The van der Waals surface area contributed by atoms with E-state index < -0.39 is 0 Å². The second-order valence-corrected chi connectivity index (χ2v) is 4.58. The Morgan fingerprint density at radius 2 is 2.40 bits per heavy atom. The summed E-state index contributed by atoms with van der Waals surface area (Å²) in [6.45, 7) is 6.01. The molecule has 1 aromatic rings. The molecule has 1 aromatic heterocycles. The van der Waals surface area contributed by atoms with Crippen molar-refractivity contribution in [2.24, 2.45) is 5.92 Å². The molecule has 1 atom stereocenters. The molecule has 1 unspecified atom stereocenters. The molecule has 0 aliphatic rings. The largest absolute Gasteiger partial charge is 0.324 e. The second-order valence-electron chi connectivity index (χ2n) is 3.69. The summed E-state index contributed by atoms with van der Waals surface area (Å²) in [6.07, 6.45) is 1.15.